The van der Waals surface area contributed by atoms with Gasteiger partial charge in [0.1, 0.15) is 0 Å². The zero-order valence-corrected chi connectivity index (χ0v) is 18.1. The summed E-state index contributed by atoms with van der Waals surface area (Å²) >= 11 is 2.28. The summed E-state index contributed by atoms with van der Waals surface area (Å²) < 4.78 is 29.4. The lowest BCUT2D eigenvalue weighted by atomic mass is 10.1. The van der Waals surface area contributed by atoms with E-state index in [0.29, 0.717) is 11.0 Å². The molecule has 3 aromatic carbocycles. The standard InChI is InChI=1S/C23H15IN2O2S/c24-22-21-18-13-7-8-14-19(18)26(29(27,28)17-11-5-2-6-12-17)20(21)15-25-23(22)16-9-3-1-4-10-16/h1-15H. The Kier molecular flexibility index (Phi) is 4.40. The van der Waals surface area contributed by atoms with Crippen LogP contribution < -0.4 is 0 Å². The Morgan fingerprint density at radius 3 is 2.10 bits per heavy atom. The Hall–Kier alpha value is -2.71. The van der Waals surface area contributed by atoms with Gasteiger partial charge in [-0.3, -0.25) is 4.98 Å². The lowest BCUT2D eigenvalue weighted by Crippen LogP contribution is -2.12. The van der Waals surface area contributed by atoms with E-state index in [1.165, 1.54) is 3.97 Å². The molecule has 0 saturated heterocycles. The van der Waals surface area contributed by atoms with Crippen molar-refractivity contribution in [2.24, 2.45) is 0 Å². The second kappa shape index (κ2) is 6.96. The van der Waals surface area contributed by atoms with E-state index in [-0.39, 0.29) is 4.90 Å². The molecule has 29 heavy (non-hydrogen) atoms. The number of rotatable bonds is 3. The maximum atomic E-state index is 13.5. The summed E-state index contributed by atoms with van der Waals surface area (Å²) in [6.45, 7) is 0. The third kappa shape index (κ3) is 2.86. The molecular weight excluding hydrogens is 495 g/mol. The molecule has 142 valence electrons. The minimum absolute atomic E-state index is 0.254. The van der Waals surface area contributed by atoms with Gasteiger partial charge < -0.3 is 0 Å². The lowest BCUT2D eigenvalue weighted by Gasteiger charge is -2.10. The second-order valence-corrected chi connectivity index (χ2v) is 9.51. The Balaban J connectivity index is 1.90. The first kappa shape index (κ1) is 18.3. The molecule has 5 rings (SSSR count). The minimum atomic E-state index is -3.77. The van der Waals surface area contributed by atoms with Crippen molar-refractivity contribution in [3.63, 3.8) is 0 Å². The first-order valence-corrected chi connectivity index (χ1v) is 11.5. The van der Waals surface area contributed by atoms with E-state index >= 15 is 0 Å². The number of benzene rings is 3. The van der Waals surface area contributed by atoms with Crippen LogP contribution in [0.2, 0.25) is 0 Å². The molecule has 0 atom stereocenters. The summed E-state index contributed by atoms with van der Waals surface area (Å²) in [5, 5.41) is 1.79. The highest BCUT2D eigenvalue weighted by atomic mass is 127. The van der Waals surface area contributed by atoms with Gasteiger partial charge >= 0.3 is 0 Å². The van der Waals surface area contributed by atoms with E-state index in [0.717, 1.165) is 25.6 Å². The van der Waals surface area contributed by atoms with Gasteiger partial charge in [0.05, 0.1) is 27.8 Å². The number of aromatic nitrogens is 2. The van der Waals surface area contributed by atoms with Gasteiger partial charge in [0, 0.05) is 19.9 Å². The fourth-order valence-corrected chi connectivity index (χ4v) is 6.18. The van der Waals surface area contributed by atoms with Crippen LogP contribution in [-0.2, 0) is 10.0 Å². The molecule has 0 saturated carbocycles. The molecule has 0 amide bonds. The number of hydrogen-bond donors (Lipinski definition) is 0. The molecule has 0 aliphatic carbocycles. The molecular formula is C23H15IN2O2S. The second-order valence-electron chi connectivity index (χ2n) is 6.65. The fourth-order valence-electron chi connectivity index (χ4n) is 3.63. The van der Waals surface area contributed by atoms with E-state index in [9.17, 15) is 8.42 Å². The molecule has 0 radical (unpaired) electrons. The SMILES string of the molecule is O=S(=O)(c1ccccc1)n1c2ccccc2c2c(I)c(-c3ccccc3)ncc21. The van der Waals surface area contributed by atoms with Gasteiger partial charge in [0.2, 0.25) is 0 Å². The van der Waals surface area contributed by atoms with Crippen LogP contribution in [0.3, 0.4) is 0 Å². The van der Waals surface area contributed by atoms with Crippen LogP contribution >= 0.6 is 22.6 Å². The Morgan fingerprint density at radius 1 is 0.759 bits per heavy atom. The summed E-state index contributed by atoms with van der Waals surface area (Å²) in [6.07, 6.45) is 1.67. The van der Waals surface area contributed by atoms with Gasteiger partial charge in [0.25, 0.3) is 10.0 Å². The lowest BCUT2D eigenvalue weighted by molar-refractivity contribution is 0.590. The molecule has 2 heterocycles. The van der Waals surface area contributed by atoms with Crippen LogP contribution in [-0.4, -0.2) is 17.4 Å². The Morgan fingerprint density at radius 2 is 1.38 bits per heavy atom. The van der Waals surface area contributed by atoms with Gasteiger partial charge in [-0.05, 0) is 40.8 Å². The van der Waals surface area contributed by atoms with E-state index in [4.69, 9.17) is 0 Å². The third-order valence-corrected chi connectivity index (χ3v) is 7.73. The van der Waals surface area contributed by atoms with Crippen molar-refractivity contribution in [2.45, 2.75) is 4.90 Å². The van der Waals surface area contributed by atoms with Crippen molar-refractivity contribution >= 4 is 54.4 Å². The third-order valence-electron chi connectivity index (χ3n) is 4.94. The number of halogens is 1. The highest BCUT2D eigenvalue weighted by Gasteiger charge is 2.25. The molecule has 4 nitrogen and oxygen atoms in total. The predicted octanol–water partition coefficient (Wildman–Crippen LogP) is 5.70. The molecule has 2 aromatic heterocycles. The van der Waals surface area contributed by atoms with E-state index < -0.39 is 10.0 Å². The highest BCUT2D eigenvalue weighted by molar-refractivity contribution is 14.1. The molecule has 0 unspecified atom stereocenters. The first-order chi connectivity index (χ1) is 14.1. The molecule has 5 aromatic rings. The average molecular weight is 510 g/mol. The van der Waals surface area contributed by atoms with Crippen LogP contribution in [0.25, 0.3) is 33.1 Å². The van der Waals surface area contributed by atoms with E-state index in [2.05, 4.69) is 27.6 Å². The van der Waals surface area contributed by atoms with Crippen LogP contribution in [0.4, 0.5) is 0 Å². The summed E-state index contributed by atoms with van der Waals surface area (Å²) in [5.74, 6) is 0. The summed E-state index contributed by atoms with van der Waals surface area (Å²) in [7, 11) is -3.77. The normalized spacial score (nSPS) is 11.9. The van der Waals surface area contributed by atoms with Gasteiger partial charge in [-0.1, -0.05) is 66.7 Å². The number of para-hydroxylation sites is 1. The zero-order valence-electron chi connectivity index (χ0n) is 15.2. The van der Waals surface area contributed by atoms with Crippen LogP contribution in [0.15, 0.2) is 96.0 Å². The molecule has 0 bridgehead atoms. The predicted molar refractivity (Wildman–Crippen MR) is 124 cm³/mol. The van der Waals surface area contributed by atoms with Crippen molar-refractivity contribution in [3.05, 3.63) is 94.7 Å². The quantitative estimate of drug-likeness (QED) is 0.293. The molecule has 0 aliphatic heterocycles. The number of nitrogens with zero attached hydrogens (tertiary/aromatic N) is 2. The van der Waals surface area contributed by atoms with Crippen molar-refractivity contribution in [2.75, 3.05) is 0 Å². The van der Waals surface area contributed by atoms with Gasteiger partial charge in [-0.25, -0.2) is 12.4 Å². The first-order valence-electron chi connectivity index (χ1n) is 9.03. The number of hydrogen-bond acceptors (Lipinski definition) is 3. The van der Waals surface area contributed by atoms with Gasteiger partial charge in [0.15, 0.2) is 0 Å². The van der Waals surface area contributed by atoms with Crippen LogP contribution in [0, 0.1) is 3.57 Å². The fraction of sp³-hybridized carbons (Fsp3) is 0. The topological polar surface area (TPSA) is 52.0 Å². The van der Waals surface area contributed by atoms with Crippen LogP contribution in [0.1, 0.15) is 0 Å². The van der Waals surface area contributed by atoms with Gasteiger partial charge in [-0.15, -0.1) is 0 Å². The maximum absolute atomic E-state index is 13.5. The molecule has 0 fully saturated rings. The largest absolute Gasteiger partial charge is 0.268 e. The van der Waals surface area contributed by atoms with Crippen molar-refractivity contribution in [3.8, 4) is 11.3 Å². The van der Waals surface area contributed by atoms with Gasteiger partial charge in [-0.2, -0.15) is 0 Å². The summed E-state index contributed by atoms with van der Waals surface area (Å²) in [4.78, 5) is 4.90. The van der Waals surface area contributed by atoms with Crippen LogP contribution in [0.5, 0.6) is 0 Å². The molecule has 0 N–H and O–H groups in total. The van der Waals surface area contributed by atoms with Crippen molar-refractivity contribution in [1.82, 2.24) is 8.96 Å². The maximum Gasteiger partial charge on any atom is 0.268 e. The molecule has 0 spiro atoms. The monoisotopic (exact) mass is 510 g/mol. The smallest absolute Gasteiger partial charge is 0.253 e. The van der Waals surface area contributed by atoms with E-state index in [1.807, 2.05) is 60.7 Å². The van der Waals surface area contributed by atoms with E-state index in [1.54, 1.807) is 30.5 Å². The number of pyridine rings is 1. The average Bonchev–Trinajstić information content (AvgIpc) is 3.11. The Bertz CT molecular complexity index is 1460. The molecule has 0 aliphatic rings. The summed E-state index contributed by atoms with van der Waals surface area (Å²) in [6, 6.07) is 26.0. The molecule has 6 heteroatoms. The zero-order chi connectivity index (χ0) is 20.0. The van der Waals surface area contributed by atoms with Crippen molar-refractivity contribution in [1.29, 1.82) is 0 Å². The summed E-state index contributed by atoms with van der Waals surface area (Å²) in [5.41, 5.74) is 3.08. The minimum Gasteiger partial charge on any atom is -0.253 e. The highest BCUT2D eigenvalue weighted by Crippen LogP contribution is 2.38. The Labute approximate surface area is 182 Å². The number of fused-ring (bicyclic) bond motifs is 3. The van der Waals surface area contributed by atoms with Crippen molar-refractivity contribution < 1.29 is 8.42 Å².